The first-order valence-corrected chi connectivity index (χ1v) is 17.8. The smallest absolute Gasteiger partial charge is 0.410 e. The lowest BCUT2D eigenvalue weighted by atomic mass is 9.95. The van der Waals surface area contributed by atoms with Crippen LogP contribution < -0.4 is 19.1 Å². The Morgan fingerprint density at radius 2 is 1.92 bits per heavy atom. The summed E-state index contributed by atoms with van der Waals surface area (Å²) in [7, 11) is 1.47. The summed E-state index contributed by atoms with van der Waals surface area (Å²) in [6.07, 6.45) is 7.84. The molecule has 5 heterocycles. The van der Waals surface area contributed by atoms with E-state index in [1.54, 1.807) is 6.07 Å². The first-order valence-electron chi connectivity index (χ1n) is 17.8. The van der Waals surface area contributed by atoms with Crippen LogP contribution in [-0.4, -0.2) is 94.5 Å². The number of terminal acetylenes is 1. The minimum atomic E-state index is -0.831. The second kappa shape index (κ2) is 12.8. The van der Waals surface area contributed by atoms with Crippen molar-refractivity contribution in [1.29, 1.82) is 0 Å². The Balaban J connectivity index is 1.33. The summed E-state index contributed by atoms with van der Waals surface area (Å²) in [6.45, 7) is 7.74. The van der Waals surface area contributed by atoms with Gasteiger partial charge in [0, 0.05) is 30.0 Å². The van der Waals surface area contributed by atoms with Crippen LogP contribution in [0, 0.1) is 29.4 Å². The van der Waals surface area contributed by atoms with E-state index in [0.717, 1.165) is 19.3 Å². The summed E-state index contributed by atoms with van der Waals surface area (Å²) in [5, 5.41) is 11.0. The number of nitrogens with zero attached hydrogens (tertiary/aromatic N) is 5. The number of anilines is 1. The second-order valence-corrected chi connectivity index (χ2v) is 15.4. The number of piperazine rings is 1. The van der Waals surface area contributed by atoms with E-state index in [4.69, 9.17) is 40.1 Å². The number of aliphatic hydroxyl groups is 1. The zero-order chi connectivity index (χ0) is 37.4. The summed E-state index contributed by atoms with van der Waals surface area (Å²) in [5.74, 6) is 1.67. The van der Waals surface area contributed by atoms with Gasteiger partial charge in [-0.2, -0.15) is 9.97 Å². The van der Waals surface area contributed by atoms with Crippen LogP contribution in [0.4, 0.5) is 19.4 Å². The third kappa shape index (κ3) is 5.99. The number of amides is 1. The number of aliphatic hydroxyl groups excluding tert-OH is 1. The minimum absolute atomic E-state index is 0.0589. The number of ether oxygens (including phenoxy) is 5. The predicted octanol–water partition coefficient (Wildman–Crippen LogP) is 5.98. The Morgan fingerprint density at radius 3 is 2.62 bits per heavy atom. The van der Waals surface area contributed by atoms with Gasteiger partial charge >= 0.3 is 12.1 Å². The number of carbonyl (C=O) groups is 1. The molecule has 14 heteroatoms. The fourth-order valence-electron chi connectivity index (χ4n) is 7.96. The number of fused-ring (bicyclic) bond motifs is 6. The molecule has 4 atom stereocenters. The Bertz CT molecular complexity index is 2180. The van der Waals surface area contributed by atoms with Crippen LogP contribution in [0.15, 0.2) is 24.3 Å². The van der Waals surface area contributed by atoms with Gasteiger partial charge in [-0.15, -0.1) is 6.42 Å². The topological polar surface area (TPSA) is 129 Å². The van der Waals surface area contributed by atoms with Crippen LogP contribution in [0.2, 0.25) is 0 Å². The maximum absolute atomic E-state index is 17.4. The Morgan fingerprint density at radius 1 is 1.13 bits per heavy atom. The highest BCUT2D eigenvalue weighted by Gasteiger charge is 2.54. The lowest BCUT2D eigenvalue weighted by Crippen LogP contribution is -2.65. The number of halogens is 2. The third-order valence-corrected chi connectivity index (χ3v) is 10.7. The minimum Gasteiger partial charge on any atom is -0.472 e. The van der Waals surface area contributed by atoms with Gasteiger partial charge in [0.2, 0.25) is 5.88 Å². The molecule has 8 rings (SSSR count). The lowest BCUT2D eigenvalue weighted by molar-refractivity contribution is 0.000929. The van der Waals surface area contributed by atoms with Crippen molar-refractivity contribution in [2.45, 2.75) is 83.2 Å². The summed E-state index contributed by atoms with van der Waals surface area (Å²) in [5.41, 5.74) is -1.33. The van der Waals surface area contributed by atoms with Gasteiger partial charge in [-0.1, -0.05) is 12.0 Å². The Kier molecular flexibility index (Phi) is 8.49. The van der Waals surface area contributed by atoms with E-state index in [-0.39, 0.29) is 77.1 Å². The van der Waals surface area contributed by atoms with Crippen LogP contribution in [0.25, 0.3) is 32.9 Å². The number of benzene rings is 2. The van der Waals surface area contributed by atoms with Gasteiger partial charge in [-0.3, -0.25) is 4.90 Å². The predicted molar refractivity (Wildman–Crippen MR) is 191 cm³/mol. The van der Waals surface area contributed by atoms with Gasteiger partial charge in [0.15, 0.2) is 12.6 Å². The average Bonchev–Trinajstić information content (AvgIpc) is 3.86. The molecule has 278 valence electrons. The van der Waals surface area contributed by atoms with Crippen molar-refractivity contribution in [2.75, 3.05) is 38.6 Å². The van der Waals surface area contributed by atoms with Crippen LogP contribution in [0.1, 0.15) is 58.9 Å². The normalized spacial score (nSPS) is 22.5. The van der Waals surface area contributed by atoms with Gasteiger partial charge in [-0.25, -0.2) is 18.6 Å². The molecule has 1 amide bonds. The molecule has 3 aliphatic heterocycles. The summed E-state index contributed by atoms with van der Waals surface area (Å²) in [4.78, 5) is 31.7. The van der Waals surface area contributed by atoms with E-state index < -0.39 is 40.9 Å². The number of hydrogen-bond donors (Lipinski definition) is 1. The molecule has 1 aliphatic carbocycles. The number of carbonyl (C=O) groups excluding carboxylic acids is 1. The van der Waals surface area contributed by atoms with E-state index in [9.17, 15) is 9.90 Å². The van der Waals surface area contributed by atoms with Gasteiger partial charge in [0.1, 0.15) is 45.7 Å². The summed E-state index contributed by atoms with van der Waals surface area (Å²) < 4.78 is 62.1. The molecule has 4 aromatic rings. The van der Waals surface area contributed by atoms with Crippen molar-refractivity contribution >= 4 is 33.6 Å². The fraction of sp³-hybridized carbons (Fsp3) is 0.487. The van der Waals surface area contributed by atoms with Crippen LogP contribution >= 0.6 is 0 Å². The van der Waals surface area contributed by atoms with E-state index in [1.807, 2.05) is 32.6 Å². The highest BCUT2D eigenvalue weighted by Crippen LogP contribution is 2.49. The Labute approximate surface area is 305 Å². The van der Waals surface area contributed by atoms with E-state index >= 15 is 8.78 Å². The van der Waals surface area contributed by atoms with Crippen LogP contribution in [0.5, 0.6) is 17.6 Å². The zero-order valence-electron chi connectivity index (χ0n) is 30.2. The number of pyridine rings is 1. The van der Waals surface area contributed by atoms with E-state index in [2.05, 4.69) is 15.8 Å². The molecule has 2 bridgehead atoms. The molecular formula is C39H41F2N5O7. The second-order valence-electron chi connectivity index (χ2n) is 15.4. The molecule has 2 aromatic carbocycles. The van der Waals surface area contributed by atoms with Crippen molar-refractivity contribution in [3.63, 3.8) is 0 Å². The zero-order valence-corrected chi connectivity index (χ0v) is 30.2. The lowest BCUT2D eigenvalue weighted by Gasteiger charge is -2.48. The van der Waals surface area contributed by atoms with Crippen LogP contribution in [-0.2, 0) is 9.47 Å². The maximum Gasteiger partial charge on any atom is 0.410 e. The molecule has 1 N–H and O–H groups in total. The quantitative estimate of drug-likeness (QED) is 0.170. The molecule has 53 heavy (non-hydrogen) atoms. The fourth-order valence-corrected chi connectivity index (χ4v) is 7.96. The number of aromatic nitrogens is 3. The monoisotopic (exact) mass is 729 g/mol. The van der Waals surface area contributed by atoms with Crippen LogP contribution in [0.3, 0.4) is 0 Å². The van der Waals surface area contributed by atoms with Gasteiger partial charge in [0.05, 0.1) is 36.9 Å². The van der Waals surface area contributed by atoms with E-state index in [1.165, 1.54) is 25.3 Å². The van der Waals surface area contributed by atoms with Crippen molar-refractivity contribution in [1.82, 2.24) is 19.9 Å². The molecular weight excluding hydrogens is 688 g/mol. The SMILES string of the molecule is C#Cc1c(F)ccc2cc(OCOC)cc(-c3nc4c5c(nc(OCC6(CO)CC6)nc5c3F)N3C[C@H]5CC[C@@H]([C@H]3[C@H](C)O4)N5C(=O)OC(C)(C)C)c12. The highest BCUT2D eigenvalue weighted by atomic mass is 19.1. The maximum atomic E-state index is 17.4. The number of rotatable bonds is 8. The molecule has 4 aliphatic rings. The molecule has 2 aromatic heterocycles. The van der Waals surface area contributed by atoms with Gasteiger partial charge < -0.3 is 33.7 Å². The molecule has 1 saturated carbocycles. The molecule has 3 fully saturated rings. The molecule has 12 nitrogen and oxygen atoms in total. The highest BCUT2D eigenvalue weighted by molar-refractivity contribution is 6.04. The number of methoxy groups -OCH3 is 1. The van der Waals surface area contributed by atoms with Crippen molar-refractivity contribution in [2.24, 2.45) is 5.41 Å². The molecule has 2 saturated heterocycles. The third-order valence-electron chi connectivity index (χ3n) is 10.7. The van der Waals surface area contributed by atoms with Gasteiger partial charge in [0.25, 0.3) is 0 Å². The standard InChI is InChI=1S/C39H41F2N5O7/c1-7-24-26(40)10-8-21-14-23(51-19-49-6)15-25(28(21)24)31-30(41)32-29-34(44-36(43-32)50-18-39(17-47)12-13-39)45-16-22-9-11-27(33(45)20(2)52-35(29)42-31)46(22)37(48)53-38(3,4)5/h1,8,10,14-15,20,22,27,33,47H,9,11-13,16-19H2,2-6H3/t20-,22+,27-,33+/m0/s1. The van der Waals surface area contributed by atoms with Gasteiger partial charge in [-0.05, 0) is 77.0 Å². The molecule has 0 radical (unpaired) electrons. The molecule has 0 unspecified atom stereocenters. The summed E-state index contributed by atoms with van der Waals surface area (Å²) in [6, 6.07) is 4.96. The molecule has 0 spiro atoms. The Hall–Kier alpha value is -5.00. The van der Waals surface area contributed by atoms with E-state index in [0.29, 0.717) is 29.9 Å². The summed E-state index contributed by atoms with van der Waals surface area (Å²) >= 11 is 0. The number of hydrogen-bond acceptors (Lipinski definition) is 11. The first-order chi connectivity index (χ1) is 25.3. The van der Waals surface area contributed by atoms with Crippen molar-refractivity contribution < 1.29 is 42.4 Å². The first kappa shape index (κ1) is 35.1. The van der Waals surface area contributed by atoms with Crippen molar-refractivity contribution in [3.8, 4) is 41.2 Å². The largest absolute Gasteiger partial charge is 0.472 e. The van der Waals surface area contributed by atoms with Crippen molar-refractivity contribution in [3.05, 3.63) is 41.5 Å². The average molecular weight is 730 g/mol.